The van der Waals surface area contributed by atoms with Crippen LogP contribution < -0.4 is 20.5 Å². The summed E-state index contributed by atoms with van der Waals surface area (Å²) in [4.78, 5) is 12.8. The second kappa shape index (κ2) is 5.50. The van der Waals surface area contributed by atoms with Crippen LogP contribution >= 0.6 is 12.2 Å². The van der Waals surface area contributed by atoms with Crippen molar-refractivity contribution < 1.29 is 19.0 Å². The van der Waals surface area contributed by atoms with Gasteiger partial charge < -0.3 is 25.3 Å². The third-order valence-corrected chi connectivity index (χ3v) is 4.27. The number of carbonyl (C=O) groups excluding carboxylic acids is 1. The Bertz CT molecular complexity index is 584. The van der Waals surface area contributed by atoms with Crippen LogP contribution in [0.25, 0.3) is 0 Å². The summed E-state index contributed by atoms with van der Waals surface area (Å²) in [6.45, 7) is 1.15. The molecule has 0 spiro atoms. The summed E-state index contributed by atoms with van der Waals surface area (Å²) in [5.74, 6) is 1.09. The van der Waals surface area contributed by atoms with Gasteiger partial charge in [0.05, 0.1) is 4.99 Å². The molecule has 6 nitrogen and oxygen atoms in total. The average Bonchev–Trinajstić information content (AvgIpc) is 2.95. The lowest BCUT2D eigenvalue weighted by atomic mass is 9.79. The van der Waals surface area contributed by atoms with Gasteiger partial charge in [0.25, 0.3) is 0 Å². The molecule has 0 unspecified atom stereocenters. The van der Waals surface area contributed by atoms with Crippen molar-refractivity contribution in [3.8, 4) is 11.5 Å². The van der Waals surface area contributed by atoms with Crippen molar-refractivity contribution in [2.24, 2.45) is 11.1 Å². The van der Waals surface area contributed by atoms with E-state index in [9.17, 15) is 4.79 Å². The predicted octanol–water partition coefficient (Wildman–Crippen LogP) is 1.44. The number of hydrogen-bond donors (Lipinski definition) is 2. The topological polar surface area (TPSA) is 82.8 Å². The van der Waals surface area contributed by atoms with Crippen LogP contribution in [0, 0.1) is 5.41 Å². The normalized spacial score (nSPS) is 19.0. The van der Waals surface area contributed by atoms with Gasteiger partial charge in [0.1, 0.15) is 5.41 Å². The van der Waals surface area contributed by atoms with Crippen molar-refractivity contribution in [2.45, 2.75) is 12.8 Å². The van der Waals surface area contributed by atoms with Crippen LogP contribution in [0.2, 0.25) is 0 Å². The highest BCUT2D eigenvalue weighted by molar-refractivity contribution is 7.80. The zero-order valence-electron chi connectivity index (χ0n) is 11.4. The van der Waals surface area contributed by atoms with E-state index in [1.807, 2.05) is 0 Å². The molecule has 0 atom stereocenters. The Morgan fingerprint density at radius 3 is 2.67 bits per heavy atom. The van der Waals surface area contributed by atoms with E-state index in [0.29, 0.717) is 43.2 Å². The van der Waals surface area contributed by atoms with Crippen molar-refractivity contribution >= 4 is 28.8 Å². The van der Waals surface area contributed by atoms with Crippen LogP contribution in [0.5, 0.6) is 11.5 Å². The highest BCUT2D eigenvalue weighted by atomic mass is 32.1. The van der Waals surface area contributed by atoms with E-state index in [1.54, 1.807) is 18.2 Å². The van der Waals surface area contributed by atoms with E-state index in [-0.39, 0.29) is 17.7 Å². The van der Waals surface area contributed by atoms with Gasteiger partial charge in [0, 0.05) is 25.0 Å². The maximum Gasteiger partial charge on any atom is 0.237 e. The molecule has 1 amide bonds. The van der Waals surface area contributed by atoms with Crippen molar-refractivity contribution in [3.63, 3.8) is 0 Å². The Morgan fingerprint density at radius 1 is 1.24 bits per heavy atom. The molecule has 3 N–H and O–H groups in total. The number of nitrogens with one attached hydrogen (secondary N) is 1. The molecule has 0 aliphatic carbocycles. The molecule has 0 aromatic heterocycles. The van der Waals surface area contributed by atoms with Crippen LogP contribution in [0.4, 0.5) is 5.69 Å². The van der Waals surface area contributed by atoms with Crippen molar-refractivity contribution in [1.82, 2.24) is 0 Å². The summed E-state index contributed by atoms with van der Waals surface area (Å²) in [7, 11) is 0. The molecular formula is C14H16N2O4S. The van der Waals surface area contributed by atoms with E-state index < -0.39 is 5.41 Å². The van der Waals surface area contributed by atoms with E-state index in [1.165, 1.54) is 0 Å². The minimum absolute atomic E-state index is 0.195. The lowest BCUT2D eigenvalue weighted by Gasteiger charge is -2.34. The zero-order chi connectivity index (χ0) is 14.9. The van der Waals surface area contributed by atoms with Gasteiger partial charge in [-0.2, -0.15) is 0 Å². The minimum atomic E-state index is -0.843. The summed E-state index contributed by atoms with van der Waals surface area (Å²) in [6.07, 6.45) is 0.997. The van der Waals surface area contributed by atoms with Crippen LogP contribution in [0.15, 0.2) is 18.2 Å². The number of hydrogen-bond acceptors (Lipinski definition) is 5. The Morgan fingerprint density at radius 2 is 1.95 bits per heavy atom. The number of rotatable bonds is 3. The SMILES string of the molecule is NC(=S)C1(C(=O)Nc2ccc3c(c2)OCO3)CCOCC1. The first kappa shape index (κ1) is 14.1. The monoisotopic (exact) mass is 308 g/mol. The number of anilines is 1. The highest BCUT2D eigenvalue weighted by Gasteiger charge is 2.43. The molecule has 1 fully saturated rings. The van der Waals surface area contributed by atoms with E-state index in [4.69, 9.17) is 32.2 Å². The fraction of sp³-hybridized carbons (Fsp3) is 0.429. The van der Waals surface area contributed by atoms with Crippen LogP contribution in [0.3, 0.4) is 0 Å². The van der Waals surface area contributed by atoms with Gasteiger partial charge in [-0.15, -0.1) is 0 Å². The van der Waals surface area contributed by atoms with Gasteiger partial charge in [-0.3, -0.25) is 4.79 Å². The van der Waals surface area contributed by atoms with E-state index in [0.717, 1.165) is 0 Å². The molecule has 1 aromatic carbocycles. The van der Waals surface area contributed by atoms with Gasteiger partial charge in [0.15, 0.2) is 11.5 Å². The number of fused-ring (bicyclic) bond motifs is 1. The zero-order valence-corrected chi connectivity index (χ0v) is 12.2. The number of amides is 1. The lowest BCUT2D eigenvalue weighted by molar-refractivity contribution is -0.126. The third kappa shape index (κ3) is 2.54. The van der Waals surface area contributed by atoms with Crippen molar-refractivity contribution in [2.75, 3.05) is 25.3 Å². The second-order valence-corrected chi connectivity index (χ2v) is 5.52. The summed E-state index contributed by atoms with van der Waals surface area (Å²) in [6, 6.07) is 5.25. The minimum Gasteiger partial charge on any atom is -0.454 e. The molecule has 21 heavy (non-hydrogen) atoms. The molecule has 0 radical (unpaired) electrons. The van der Waals surface area contributed by atoms with Crippen molar-refractivity contribution in [3.05, 3.63) is 18.2 Å². The first-order valence-corrected chi connectivity index (χ1v) is 7.11. The molecule has 1 saturated heterocycles. The van der Waals surface area contributed by atoms with Crippen LogP contribution in [-0.2, 0) is 9.53 Å². The molecule has 0 bridgehead atoms. The number of thiocarbonyl (C=S) groups is 1. The Balaban J connectivity index is 1.79. The molecule has 112 valence electrons. The summed E-state index contributed by atoms with van der Waals surface area (Å²) in [5.41, 5.74) is 5.60. The number of ether oxygens (including phenoxy) is 3. The predicted molar refractivity (Wildman–Crippen MR) is 80.5 cm³/mol. The number of benzene rings is 1. The molecule has 0 saturated carbocycles. The first-order valence-electron chi connectivity index (χ1n) is 6.71. The Labute approximate surface area is 127 Å². The largest absolute Gasteiger partial charge is 0.454 e. The van der Waals surface area contributed by atoms with E-state index >= 15 is 0 Å². The average molecular weight is 308 g/mol. The summed E-state index contributed by atoms with van der Waals surface area (Å²) in [5, 5.41) is 2.87. The quantitative estimate of drug-likeness (QED) is 0.822. The third-order valence-electron chi connectivity index (χ3n) is 3.88. The van der Waals surface area contributed by atoms with Gasteiger partial charge in [-0.25, -0.2) is 0 Å². The molecule has 2 aliphatic rings. The van der Waals surface area contributed by atoms with Gasteiger partial charge >= 0.3 is 0 Å². The number of nitrogens with two attached hydrogens (primary N) is 1. The number of carbonyl (C=O) groups is 1. The fourth-order valence-electron chi connectivity index (χ4n) is 2.53. The molecule has 2 aliphatic heterocycles. The summed E-state index contributed by atoms with van der Waals surface area (Å²) >= 11 is 5.12. The molecule has 1 aromatic rings. The Kier molecular flexibility index (Phi) is 3.69. The van der Waals surface area contributed by atoms with E-state index in [2.05, 4.69) is 5.32 Å². The second-order valence-electron chi connectivity index (χ2n) is 5.08. The molecule has 7 heteroatoms. The maximum absolute atomic E-state index is 12.6. The maximum atomic E-state index is 12.6. The fourth-order valence-corrected chi connectivity index (χ4v) is 2.83. The molecular weight excluding hydrogens is 292 g/mol. The van der Waals surface area contributed by atoms with Crippen molar-refractivity contribution in [1.29, 1.82) is 0 Å². The smallest absolute Gasteiger partial charge is 0.237 e. The van der Waals surface area contributed by atoms with Gasteiger partial charge in [-0.1, -0.05) is 12.2 Å². The Hall–Kier alpha value is -1.86. The van der Waals surface area contributed by atoms with Crippen LogP contribution in [0.1, 0.15) is 12.8 Å². The standard InChI is InChI=1S/C14H16N2O4S/c15-12(21)14(3-5-18-6-4-14)13(17)16-9-1-2-10-11(7-9)20-8-19-10/h1-2,7H,3-6,8H2,(H2,15,21)(H,16,17). The molecule has 2 heterocycles. The van der Waals surface area contributed by atoms with Gasteiger partial charge in [-0.05, 0) is 25.0 Å². The lowest BCUT2D eigenvalue weighted by Crippen LogP contribution is -2.49. The summed E-state index contributed by atoms with van der Waals surface area (Å²) < 4.78 is 15.8. The molecule has 3 rings (SSSR count). The van der Waals surface area contributed by atoms with Crippen LogP contribution in [-0.4, -0.2) is 30.9 Å². The van der Waals surface area contributed by atoms with Gasteiger partial charge in [0.2, 0.25) is 12.7 Å². The highest BCUT2D eigenvalue weighted by Crippen LogP contribution is 2.36. The first-order chi connectivity index (χ1) is 10.1.